The molecule has 26 heavy (non-hydrogen) atoms. The van der Waals surface area contributed by atoms with Gasteiger partial charge in [0.2, 0.25) is 0 Å². The summed E-state index contributed by atoms with van der Waals surface area (Å²) in [6.07, 6.45) is 4.40. The lowest BCUT2D eigenvalue weighted by atomic mass is 10.0. The second-order valence-electron chi connectivity index (χ2n) is 6.56. The van der Waals surface area contributed by atoms with Crippen molar-refractivity contribution in [2.45, 2.75) is 44.3 Å². The van der Waals surface area contributed by atoms with Gasteiger partial charge in [-0.2, -0.15) is 0 Å². The monoisotopic (exact) mass is 383 g/mol. The summed E-state index contributed by atoms with van der Waals surface area (Å²) in [6, 6.07) is 10.4. The summed E-state index contributed by atoms with van der Waals surface area (Å²) in [5.41, 5.74) is 3.56. The first-order chi connectivity index (χ1) is 12.7. The van der Waals surface area contributed by atoms with Gasteiger partial charge >= 0.3 is 0 Å². The fourth-order valence-electron chi connectivity index (χ4n) is 3.36. The molecule has 0 amide bonds. The van der Waals surface area contributed by atoms with Gasteiger partial charge < -0.3 is 4.57 Å². The zero-order chi connectivity index (χ0) is 17.9. The quantitative estimate of drug-likeness (QED) is 0.449. The number of nitrogens with zero attached hydrogens (tertiary/aromatic N) is 3. The molecular formula is C20H21N3OS2. The van der Waals surface area contributed by atoms with Crippen LogP contribution in [0.3, 0.4) is 0 Å². The summed E-state index contributed by atoms with van der Waals surface area (Å²) in [5, 5.41) is 11.4. The van der Waals surface area contributed by atoms with E-state index in [1.54, 1.807) is 11.3 Å². The second kappa shape index (κ2) is 7.76. The van der Waals surface area contributed by atoms with Crippen LogP contribution >= 0.6 is 23.1 Å². The van der Waals surface area contributed by atoms with Crippen molar-refractivity contribution in [2.24, 2.45) is 0 Å². The average Bonchev–Trinajstić information content (AvgIpc) is 3.39. The van der Waals surface area contributed by atoms with Gasteiger partial charge in [-0.15, -0.1) is 21.5 Å². The molecule has 0 fully saturated rings. The highest BCUT2D eigenvalue weighted by Crippen LogP contribution is 2.25. The second-order valence-corrected chi connectivity index (χ2v) is 8.53. The highest BCUT2D eigenvalue weighted by Gasteiger charge is 2.16. The number of aryl methyl sites for hydroxylation is 4. The molecule has 4 nitrogen and oxygen atoms in total. The topological polar surface area (TPSA) is 47.8 Å². The van der Waals surface area contributed by atoms with Crippen LogP contribution in [0.25, 0.3) is 0 Å². The van der Waals surface area contributed by atoms with E-state index in [1.807, 2.05) is 13.0 Å². The number of Topliss-reactive ketones (excluding diaryl/α,β-unsaturated/α-hetero) is 1. The molecule has 6 heteroatoms. The molecule has 134 valence electrons. The van der Waals surface area contributed by atoms with E-state index < -0.39 is 0 Å². The third-order valence-electron chi connectivity index (χ3n) is 4.82. The molecule has 1 aliphatic rings. The van der Waals surface area contributed by atoms with E-state index in [0.717, 1.165) is 42.4 Å². The van der Waals surface area contributed by atoms with E-state index in [9.17, 15) is 4.79 Å². The number of thiophene rings is 1. The van der Waals surface area contributed by atoms with Crippen molar-refractivity contribution in [2.75, 3.05) is 5.75 Å². The van der Waals surface area contributed by atoms with E-state index in [-0.39, 0.29) is 5.78 Å². The Balaban J connectivity index is 1.40. The van der Waals surface area contributed by atoms with Crippen molar-refractivity contribution in [3.63, 3.8) is 0 Å². The number of fused-ring (bicyclic) bond motifs is 1. The number of benzene rings is 1. The summed E-state index contributed by atoms with van der Waals surface area (Å²) in [4.78, 5) is 14.0. The molecule has 0 bridgehead atoms. The van der Waals surface area contributed by atoms with Gasteiger partial charge in [0.05, 0.1) is 5.75 Å². The highest BCUT2D eigenvalue weighted by atomic mass is 32.2. The summed E-state index contributed by atoms with van der Waals surface area (Å²) < 4.78 is 2.11. The van der Waals surface area contributed by atoms with Gasteiger partial charge in [0.1, 0.15) is 5.82 Å². The lowest BCUT2D eigenvalue weighted by Crippen LogP contribution is -2.07. The molecule has 0 saturated heterocycles. The Bertz CT molecular complexity index is 915. The molecule has 0 radical (unpaired) electrons. The minimum absolute atomic E-state index is 0.162. The van der Waals surface area contributed by atoms with Gasteiger partial charge in [0, 0.05) is 17.0 Å². The molecule has 0 saturated carbocycles. The number of carbonyl (C=O) groups is 1. The van der Waals surface area contributed by atoms with Gasteiger partial charge in [-0.25, -0.2) is 0 Å². The third kappa shape index (κ3) is 3.76. The van der Waals surface area contributed by atoms with Crippen LogP contribution in [0.15, 0.2) is 40.9 Å². The van der Waals surface area contributed by atoms with Crippen LogP contribution < -0.4 is 0 Å². The van der Waals surface area contributed by atoms with Crippen LogP contribution in [0, 0.1) is 6.92 Å². The van der Waals surface area contributed by atoms with E-state index in [2.05, 4.69) is 44.4 Å². The number of aromatic nitrogens is 3. The number of rotatable bonds is 7. The third-order valence-corrected chi connectivity index (χ3v) is 6.72. The predicted octanol–water partition coefficient (Wildman–Crippen LogP) is 4.35. The van der Waals surface area contributed by atoms with E-state index in [0.29, 0.717) is 5.75 Å². The molecule has 2 aromatic heterocycles. The van der Waals surface area contributed by atoms with E-state index in [4.69, 9.17) is 0 Å². The van der Waals surface area contributed by atoms with Crippen LogP contribution in [0.1, 0.15) is 38.6 Å². The first kappa shape index (κ1) is 17.5. The van der Waals surface area contributed by atoms with Crippen LogP contribution in [-0.4, -0.2) is 26.3 Å². The van der Waals surface area contributed by atoms with Crippen LogP contribution in [-0.2, 0) is 25.8 Å². The van der Waals surface area contributed by atoms with Gasteiger partial charge in [0.15, 0.2) is 10.9 Å². The number of thioether (sulfide) groups is 1. The number of hydrogen-bond donors (Lipinski definition) is 0. The molecule has 2 heterocycles. The number of carbonyl (C=O) groups excluding carboxylic acids is 1. The highest BCUT2D eigenvalue weighted by molar-refractivity contribution is 7.99. The van der Waals surface area contributed by atoms with Crippen LogP contribution in [0.4, 0.5) is 0 Å². The van der Waals surface area contributed by atoms with Crippen molar-refractivity contribution in [1.82, 2.24) is 14.8 Å². The summed E-state index contributed by atoms with van der Waals surface area (Å²) >= 11 is 3.25. The largest absolute Gasteiger partial charge is 0.306 e. The lowest BCUT2D eigenvalue weighted by molar-refractivity contribution is 0.102. The molecule has 0 aliphatic heterocycles. The first-order valence-electron chi connectivity index (χ1n) is 8.90. The Morgan fingerprint density at radius 3 is 2.96 bits per heavy atom. The Morgan fingerprint density at radius 2 is 2.12 bits per heavy atom. The van der Waals surface area contributed by atoms with Gasteiger partial charge in [-0.1, -0.05) is 30.0 Å². The Hall–Kier alpha value is -1.92. The molecule has 0 unspecified atom stereocenters. The van der Waals surface area contributed by atoms with Crippen molar-refractivity contribution in [3.8, 4) is 0 Å². The Morgan fingerprint density at radius 1 is 1.23 bits per heavy atom. The maximum absolute atomic E-state index is 12.6. The fraction of sp³-hybridized carbons (Fsp3) is 0.350. The zero-order valence-electron chi connectivity index (χ0n) is 14.8. The molecule has 0 spiro atoms. The first-order valence-corrected chi connectivity index (χ1v) is 10.8. The number of hydrogen-bond acceptors (Lipinski definition) is 5. The van der Waals surface area contributed by atoms with Crippen LogP contribution in [0.5, 0.6) is 0 Å². The van der Waals surface area contributed by atoms with E-state index in [1.165, 1.54) is 34.2 Å². The van der Waals surface area contributed by atoms with Gasteiger partial charge in [-0.05, 0) is 61.2 Å². The molecule has 3 aromatic rings. The molecular weight excluding hydrogens is 362 g/mol. The summed E-state index contributed by atoms with van der Waals surface area (Å²) in [7, 11) is 0. The van der Waals surface area contributed by atoms with Crippen molar-refractivity contribution >= 4 is 28.9 Å². The van der Waals surface area contributed by atoms with Crippen molar-refractivity contribution < 1.29 is 4.79 Å². The fourth-order valence-corrected chi connectivity index (χ4v) is 4.96. The molecule has 1 aliphatic carbocycles. The van der Waals surface area contributed by atoms with Crippen molar-refractivity contribution in [1.29, 1.82) is 0 Å². The molecule has 0 N–H and O–H groups in total. The normalized spacial score (nSPS) is 13.1. The minimum atomic E-state index is 0.162. The van der Waals surface area contributed by atoms with Gasteiger partial charge in [0.25, 0.3) is 0 Å². The van der Waals surface area contributed by atoms with Crippen molar-refractivity contribution in [3.05, 3.63) is 63.1 Å². The van der Waals surface area contributed by atoms with Gasteiger partial charge in [-0.3, -0.25) is 4.79 Å². The molecule has 1 aromatic carbocycles. The average molecular weight is 384 g/mol. The van der Waals surface area contributed by atoms with Crippen LogP contribution in [0.2, 0.25) is 0 Å². The Labute approximate surface area is 161 Å². The summed E-state index contributed by atoms with van der Waals surface area (Å²) in [6.45, 7) is 2.81. The molecule has 0 atom stereocenters. The zero-order valence-corrected chi connectivity index (χ0v) is 16.4. The minimum Gasteiger partial charge on any atom is -0.306 e. The SMILES string of the molecule is Cc1nnc(SCC(=O)c2ccc3c(c2)CCC3)n1CCc1cccs1. The Kier molecular flexibility index (Phi) is 5.22. The van der Waals surface area contributed by atoms with E-state index >= 15 is 0 Å². The summed E-state index contributed by atoms with van der Waals surface area (Å²) in [5.74, 6) is 1.46. The lowest BCUT2D eigenvalue weighted by Gasteiger charge is -2.08. The maximum Gasteiger partial charge on any atom is 0.191 e. The standard InChI is InChI=1S/C20H21N3OS2/c1-14-21-22-20(23(14)10-9-18-6-3-11-25-18)26-13-19(24)17-8-7-15-4-2-5-16(15)12-17/h3,6-8,11-12H,2,4-5,9-10,13H2,1H3. The predicted molar refractivity (Wildman–Crippen MR) is 106 cm³/mol. The maximum atomic E-state index is 12.6. The smallest absolute Gasteiger partial charge is 0.191 e. The molecule has 4 rings (SSSR count). The number of ketones is 1.